The average molecular weight is 420 g/mol. The van der Waals surface area contributed by atoms with Crippen molar-refractivity contribution in [2.45, 2.75) is 12.6 Å². The summed E-state index contributed by atoms with van der Waals surface area (Å²) >= 11 is 0. The lowest BCUT2D eigenvalue weighted by Gasteiger charge is -2.05. The summed E-state index contributed by atoms with van der Waals surface area (Å²) in [5.74, 6) is 5.87. The Morgan fingerprint density at radius 1 is 1.26 bits per heavy atom. The van der Waals surface area contributed by atoms with Gasteiger partial charge >= 0.3 is 0 Å². The Kier molecular flexibility index (Phi) is 8.49. The number of carbonyl (C=O) groups excluding carboxylic acids is 3. The zero-order valence-corrected chi connectivity index (χ0v) is 17.6. The lowest BCUT2D eigenvalue weighted by atomic mass is 10.1. The molecule has 0 aliphatic carbocycles. The Bertz CT molecular complexity index is 1020. The molecule has 1 aliphatic rings. The number of amides is 3. The van der Waals surface area contributed by atoms with Gasteiger partial charge in [0.05, 0.1) is 7.11 Å². The fourth-order valence-electron chi connectivity index (χ4n) is 2.78. The molecule has 1 heterocycles. The maximum Gasteiger partial charge on any atom is 0.255 e. The van der Waals surface area contributed by atoms with Gasteiger partial charge in [-0.05, 0) is 42.4 Å². The van der Waals surface area contributed by atoms with Gasteiger partial charge in [0.25, 0.3) is 11.8 Å². The van der Waals surface area contributed by atoms with Crippen LogP contribution in [0, 0.1) is 17.3 Å². The molecule has 3 amide bonds. The van der Waals surface area contributed by atoms with E-state index in [-0.39, 0.29) is 5.91 Å². The summed E-state index contributed by atoms with van der Waals surface area (Å²) in [5, 5.41) is 11.8. The van der Waals surface area contributed by atoms with Crippen molar-refractivity contribution < 1.29 is 19.1 Å². The molecule has 0 radical (unpaired) electrons. The van der Waals surface area contributed by atoms with Crippen molar-refractivity contribution in [1.29, 1.82) is 5.41 Å². The van der Waals surface area contributed by atoms with Gasteiger partial charge in [0.2, 0.25) is 6.41 Å². The Hall–Kier alpha value is -3.96. The van der Waals surface area contributed by atoms with E-state index in [0.29, 0.717) is 13.0 Å². The van der Waals surface area contributed by atoms with Crippen LogP contribution in [0.5, 0.6) is 5.75 Å². The van der Waals surface area contributed by atoms with E-state index in [1.165, 1.54) is 6.21 Å². The van der Waals surface area contributed by atoms with Crippen molar-refractivity contribution >= 4 is 24.4 Å². The summed E-state index contributed by atoms with van der Waals surface area (Å²) in [4.78, 5) is 34.7. The van der Waals surface area contributed by atoms with Gasteiger partial charge in [0.1, 0.15) is 11.8 Å². The van der Waals surface area contributed by atoms with Crippen molar-refractivity contribution in [2.24, 2.45) is 0 Å². The first kappa shape index (κ1) is 23.3. The smallest absolute Gasteiger partial charge is 0.255 e. The van der Waals surface area contributed by atoms with E-state index in [2.05, 4.69) is 17.2 Å². The van der Waals surface area contributed by atoms with Gasteiger partial charge in [-0.3, -0.25) is 25.0 Å². The average Bonchev–Trinajstić information content (AvgIpc) is 3.08. The third-order valence-corrected chi connectivity index (χ3v) is 4.49. The number of rotatable bonds is 5. The highest BCUT2D eigenvalue weighted by atomic mass is 16.5. The highest BCUT2D eigenvalue weighted by Crippen LogP contribution is 2.25. The third-order valence-electron chi connectivity index (χ3n) is 4.49. The molecule has 0 bridgehead atoms. The quantitative estimate of drug-likeness (QED) is 0.382. The first-order valence-corrected chi connectivity index (χ1v) is 9.39. The first-order valence-electron chi connectivity index (χ1n) is 9.39. The molecule has 1 atom stereocenters. The van der Waals surface area contributed by atoms with Crippen LogP contribution in [0.15, 0.2) is 42.5 Å². The van der Waals surface area contributed by atoms with E-state index >= 15 is 0 Å². The first-order chi connectivity index (χ1) is 14.9. The zero-order valence-electron chi connectivity index (χ0n) is 17.6. The largest absolute Gasteiger partial charge is 0.497 e. The Balaban J connectivity index is 0.000000231. The number of fused-ring (bicyclic) bond motifs is 1. The summed E-state index contributed by atoms with van der Waals surface area (Å²) in [6, 6.07) is 11.9. The molecular formula is C23H24N4O4. The number of ether oxygens (including phenoxy) is 1. The van der Waals surface area contributed by atoms with Gasteiger partial charge in [-0.25, -0.2) is 0 Å². The van der Waals surface area contributed by atoms with Gasteiger partial charge in [0.15, 0.2) is 0 Å². The van der Waals surface area contributed by atoms with Crippen molar-refractivity contribution in [3.05, 3.63) is 64.7 Å². The van der Waals surface area contributed by atoms with Crippen LogP contribution >= 0.6 is 0 Å². The SMILES string of the molecule is CNC(C#Cc1ccc(C=N)cc1)C(=O)NC=O.COc1ccc2c(c1)C(=O)N(C)C2. The van der Waals surface area contributed by atoms with E-state index in [4.69, 9.17) is 10.1 Å². The molecule has 31 heavy (non-hydrogen) atoms. The molecule has 0 spiro atoms. The van der Waals surface area contributed by atoms with Crippen LogP contribution in [-0.2, 0) is 16.1 Å². The predicted molar refractivity (Wildman–Crippen MR) is 117 cm³/mol. The Morgan fingerprint density at radius 3 is 2.55 bits per heavy atom. The van der Waals surface area contributed by atoms with E-state index in [1.54, 1.807) is 56.4 Å². The van der Waals surface area contributed by atoms with Crippen LogP contribution in [0.3, 0.4) is 0 Å². The summed E-state index contributed by atoms with van der Waals surface area (Å²) in [7, 11) is 4.99. The summed E-state index contributed by atoms with van der Waals surface area (Å²) in [6.07, 6.45) is 1.57. The van der Waals surface area contributed by atoms with E-state index in [0.717, 1.165) is 28.0 Å². The van der Waals surface area contributed by atoms with Gasteiger partial charge in [-0.1, -0.05) is 30.0 Å². The van der Waals surface area contributed by atoms with Crippen LogP contribution in [0.4, 0.5) is 0 Å². The molecular weight excluding hydrogens is 396 g/mol. The highest BCUT2D eigenvalue weighted by Gasteiger charge is 2.24. The molecule has 8 heteroatoms. The molecule has 2 aromatic rings. The lowest BCUT2D eigenvalue weighted by molar-refractivity contribution is -0.125. The summed E-state index contributed by atoms with van der Waals surface area (Å²) in [5.41, 5.74) is 3.36. The topological polar surface area (TPSA) is 112 Å². The molecule has 0 fully saturated rings. The number of nitrogens with zero attached hydrogens (tertiary/aromatic N) is 1. The zero-order chi connectivity index (χ0) is 22.8. The van der Waals surface area contributed by atoms with Gasteiger partial charge in [-0.15, -0.1) is 0 Å². The van der Waals surface area contributed by atoms with Gasteiger partial charge < -0.3 is 15.0 Å². The van der Waals surface area contributed by atoms with Crippen LogP contribution in [-0.4, -0.2) is 56.6 Å². The molecule has 0 saturated carbocycles. The predicted octanol–water partition coefficient (Wildman–Crippen LogP) is 1.18. The van der Waals surface area contributed by atoms with Crippen LogP contribution < -0.4 is 15.4 Å². The minimum absolute atomic E-state index is 0.0777. The monoisotopic (exact) mass is 420 g/mol. The number of hydrogen-bond donors (Lipinski definition) is 3. The normalized spacial score (nSPS) is 12.4. The fraction of sp³-hybridized carbons (Fsp3) is 0.217. The fourth-order valence-corrected chi connectivity index (χ4v) is 2.78. The molecule has 3 N–H and O–H groups in total. The minimum atomic E-state index is -0.738. The number of carbonyl (C=O) groups is 3. The number of imide groups is 1. The number of nitrogens with one attached hydrogen (secondary N) is 3. The standard InChI is InChI=1S/C13H13N3O2.C10H11NO2/c1-15-12(13(18)16-9-17)7-6-10-2-4-11(8-14)5-3-10;1-11-6-7-3-4-8(13-2)5-9(7)10(11)12/h2-5,8-9,12,14-15H,1H3,(H,16,17,18);3-5H,6H2,1-2H3. The second-order valence-corrected chi connectivity index (χ2v) is 6.57. The van der Waals surface area contributed by atoms with Crippen LogP contribution in [0.25, 0.3) is 0 Å². The number of benzene rings is 2. The van der Waals surface area contributed by atoms with Crippen molar-refractivity contribution in [3.8, 4) is 17.6 Å². The number of hydrogen-bond acceptors (Lipinski definition) is 6. The lowest BCUT2D eigenvalue weighted by Crippen LogP contribution is -2.41. The molecule has 8 nitrogen and oxygen atoms in total. The molecule has 1 unspecified atom stereocenters. The Labute approximate surface area is 181 Å². The molecule has 1 aliphatic heterocycles. The molecule has 0 aromatic heterocycles. The number of likely N-dealkylation sites (N-methyl/N-ethyl adjacent to an activating group) is 1. The second-order valence-electron chi connectivity index (χ2n) is 6.57. The third kappa shape index (κ3) is 6.26. The molecule has 2 aromatic carbocycles. The maximum absolute atomic E-state index is 11.5. The summed E-state index contributed by atoms with van der Waals surface area (Å²) in [6.45, 7) is 0.707. The van der Waals surface area contributed by atoms with Crippen molar-refractivity contribution in [1.82, 2.24) is 15.5 Å². The summed E-state index contributed by atoms with van der Waals surface area (Å²) < 4.78 is 5.05. The maximum atomic E-state index is 11.5. The van der Waals surface area contributed by atoms with E-state index < -0.39 is 11.9 Å². The van der Waals surface area contributed by atoms with Crippen LogP contribution in [0.2, 0.25) is 0 Å². The van der Waals surface area contributed by atoms with Crippen molar-refractivity contribution in [2.75, 3.05) is 21.2 Å². The van der Waals surface area contributed by atoms with Crippen molar-refractivity contribution in [3.63, 3.8) is 0 Å². The molecule has 160 valence electrons. The van der Waals surface area contributed by atoms with Gasteiger partial charge in [0, 0.05) is 30.9 Å². The second kappa shape index (κ2) is 11.3. The highest BCUT2D eigenvalue weighted by molar-refractivity contribution is 5.98. The van der Waals surface area contributed by atoms with E-state index in [1.807, 2.05) is 17.4 Å². The van der Waals surface area contributed by atoms with E-state index in [9.17, 15) is 14.4 Å². The van der Waals surface area contributed by atoms with Gasteiger partial charge in [-0.2, -0.15) is 0 Å². The Morgan fingerprint density at radius 2 is 1.97 bits per heavy atom. The molecule has 3 rings (SSSR count). The minimum Gasteiger partial charge on any atom is -0.497 e. The van der Waals surface area contributed by atoms with Crippen LogP contribution in [0.1, 0.15) is 27.0 Å². The number of methoxy groups -OCH3 is 1. The molecule has 0 saturated heterocycles.